The number of carbonyl (C=O) groups excluding carboxylic acids is 5. The van der Waals surface area contributed by atoms with Crippen molar-refractivity contribution in [3.63, 3.8) is 0 Å². The Bertz CT molecular complexity index is 2580. The first-order chi connectivity index (χ1) is 29.0. The maximum absolute atomic E-state index is 14.3. The van der Waals surface area contributed by atoms with Gasteiger partial charge in [0.15, 0.2) is 0 Å². The van der Waals surface area contributed by atoms with Gasteiger partial charge in [-0.1, -0.05) is 84.9 Å². The minimum Gasteiger partial charge on any atom is -0.462 e. The molecule has 4 amide bonds. The molecule has 15 heteroatoms. The van der Waals surface area contributed by atoms with E-state index >= 15 is 0 Å². The number of hydrogen-bond donors (Lipinski definition) is 4. The van der Waals surface area contributed by atoms with Gasteiger partial charge in [0.1, 0.15) is 15.9 Å². The molecule has 1 aromatic heterocycles. The molecule has 60 heavy (non-hydrogen) atoms. The van der Waals surface area contributed by atoms with Gasteiger partial charge in [-0.3, -0.25) is 29.3 Å². The van der Waals surface area contributed by atoms with Gasteiger partial charge in [-0.15, -0.1) is 23.1 Å². The number of thiophene rings is 1. The molecule has 302 valence electrons. The number of carbonyl (C=O) groups is 5. The SMILES string of the molecule is CCOC(=O)c1c(NC(=O)C(Sc2cccc(NC(=O)/C(=C\c3ccccc3[N+](=O)[O-])NC(=O)c3ccccc3)c2)c2ccccc2)sc(C(=O)Nc2ccccc2)c1C. The van der Waals surface area contributed by atoms with Gasteiger partial charge >= 0.3 is 5.97 Å². The van der Waals surface area contributed by atoms with Gasteiger partial charge in [-0.05, 0) is 79.6 Å². The van der Waals surface area contributed by atoms with Crippen LogP contribution in [0.2, 0.25) is 0 Å². The molecule has 1 unspecified atom stereocenters. The molecule has 13 nitrogen and oxygen atoms in total. The first-order valence-electron chi connectivity index (χ1n) is 18.4. The molecule has 6 rings (SSSR count). The van der Waals surface area contributed by atoms with E-state index in [1.54, 1.807) is 123 Å². The van der Waals surface area contributed by atoms with Crippen LogP contribution in [-0.2, 0) is 14.3 Å². The molecule has 0 aliphatic carbocycles. The van der Waals surface area contributed by atoms with Gasteiger partial charge in [0.2, 0.25) is 5.91 Å². The lowest BCUT2D eigenvalue weighted by molar-refractivity contribution is -0.385. The molecule has 0 bridgehead atoms. The quantitative estimate of drug-likeness (QED) is 0.0257. The molecule has 4 N–H and O–H groups in total. The zero-order valence-corrected chi connectivity index (χ0v) is 33.8. The van der Waals surface area contributed by atoms with Crippen molar-refractivity contribution in [1.29, 1.82) is 0 Å². The number of rotatable bonds is 15. The summed E-state index contributed by atoms with van der Waals surface area (Å²) >= 11 is 2.12. The van der Waals surface area contributed by atoms with E-state index < -0.39 is 39.8 Å². The van der Waals surface area contributed by atoms with Crippen molar-refractivity contribution in [1.82, 2.24) is 5.32 Å². The van der Waals surface area contributed by atoms with E-state index in [-0.39, 0.29) is 44.6 Å². The summed E-state index contributed by atoms with van der Waals surface area (Å²) in [6.07, 6.45) is 1.23. The summed E-state index contributed by atoms with van der Waals surface area (Å²) in [6.45, 7) is 3.36. The van der Waals surface area contributed by atoms with Crippen LogP contribution in [0.25, 0.3) is 6.08 Å². The molecule has 0 radical (unpaired) electrons. The molecule has 1 heterocycles. The highest BCUT2D eigenvalue weighted by atomic mass is 32.2. The van der Waals surface area contributed by atoms with Crippen molar-refractivity contribution in [3.8, 4) is 0 Å². The topological polar surface area (TPSA) is 186 Å². The van der Waals surface area contributed by atoms with Crippen molar-refractivity contribution in [2.45, 2.75) is 24.0 Å². The first-order valence-corrected chi connectivity index (χ1v) is 20.1. The standard InChI is InChI=1S/C45H37N5O8S2/c1-3-58-45(55)37-28(2)38(42(53)46-32-21-11-6-12-22-32)60-44(37)49-43(54)39(29-16-7-4-8-17-29)59-34-24-15-23-33(27-34)47-41(52)35(48-40(51)30-18-9-5-10-19-30)26-31-20-13-14-25-36(31)50(56)57/h4-27,39H,3H2,1-2H3,(H,46,53)(H,47,52)(H,48,51)(H,49,54)/b35-26+. The van der Waals surface area contributed by atoms with Gasteiger partial charge < -0.3 is 26.0 Å². The largest absolute Gasteiger partial charge is 0.462 e. The third-order valence-electron chi connectivity index (χ3n) is 8.75. The first kappa shape index (κ1) is 42.3. The summed E-state index contributed by atoms with van der Waals surface area (Å²) in [5, 5.41) is 22.1. The predicted molar refractivity (Wildman–Crippen MR) is 233 cm³/mol. The molecular weight excluding hydrogens is 803 g/mol. The van der Waals surface area contributed by atoms with Gasteiger partial charge in [0, 0.05) is 27.9 Å². The smallest absolute Gasteiger partial charge is 0.341 e. The average molecular weight is 840 g/mol. The molecule has 0 saturated carbocycles. The lowest BCUT2D eigenvalue weighted by Crippen LogP contribution is -2.30. The maximum Gasteiger partial charge on any atom is 0.341 e. The monoisotopic (exact) mass is 839 g/mol. The summed E-state index contributed by atoms with van der Waals surface area (Å²) in [5.74, 6) is -3.01. The molecule has 6 aromatic rings. The zero-order valence-electron chi connectivity index (χ0n) is 32.2. The lowest BCUT2D eigenvalue weighted by atomic mass is 10.1. The van der Waals surface area contributed by atoms with Crippen LogP contribution in [0.3, 0.4) is 0 Å². The Labute approximate surface area is 353 Å². The molecule has 1 atom stereocenters. The van der Waals surface area contributed by atoms with E-state index in [0.29, 0.717) is 27.4 Å². The Morgan fingerprint density at radius 2 is 1.40 bits per heavy atom. The van der Waals surface area contributed by atoms with E-state index in [1.165, 1.54) is 24.3 Å². The Morgan fingerprint density at radius 3 is 2.08 bits per heavy atom. The summed E-state index contributed by atoms with van der Waals surface area (Å²) in [6, 6.07) is 38.5. The second-order valence-electron chi connectivity index (χ2n) is 12.9. The molecule has 5 aromatic carbocycles. The van der Waals surface area contributed by atoms with Crippen LogP contribution >= 0.6 is 23.1 Å². The second kappa shape index (κ2) is 19.9. The van der Waals surface area contributed by atoms with Crippen LogP contribution in [-0.4, -0.2) is 41.1 Å². The Balaban J connectivity index is 1.28. The van der Waals surface area contributed by atoms with Crippen molar-refractivity contribution in [2.75, 3.05) is 22.6 Å². The molecule has 0 saturated heterocycles. The van der Waals surface area contributed by atoms with Crippen LogP contribution in [0.15, 0.2) is 150 Å². The van der Waals surface area contributed by atoms with Crippen LogP contribution in [0.1, 0.15) is 59.3 Å². The van der Waals surface area contributed by atoms with Gasteiger partial charge in [0.25, 0.3) is 23.4 Å². The van der Waals surface area contributed by atoms with E-state index in [2.05, 4.69) is 21.3 Å². The fourth-order valence-corrected chi connectivity index (χ4v) is 8.09. The number of nitrogens with zero attached hydrogens (tertiary/aromatic N) is 1. The highest BCUT2D eigenvalue weighted by Crippen LogP contribution is 2.40. The van der Waals surface area contributed by atoms with Crippen molar-refractivity contribution in [3.05, 3.63) is 188 Å². The Morgan fingerprint density at radius 1 is 0.767 bits per heavy atom. The third-order valence-corrected chi connectivity index (χ3v) is 11.2. The normalized spacial score (nSPS) is 11.5. The summed E-state index contributed by atoms with van der Waals surface area (Å²) in [5.41, 5.74) is 1.75. The molecule has 0 aliphatic rings. The number of ether oxygens (including phenoxy) is 1. The average Bonchev–Trinajstić information content (AvgIpc) is 3.58. The Hall–Kier alpha value is -7.36. The molecular formula is C45H37N5O8S2. The number of anilines is 3. The lowest BCUT2D eigenvalue weighted by Gasteiger charge is -2.18. The Kier molecular flexibility index (Phi) is 14.0. The van der Waals surface area contributed by atoms with Crippen LogP contribution in [0, 0.1) is 17.0 Å². The number of thioether (sulfide) groups is 1. The van der Waals surface area contributed by atoms with Crippen molar-refractivity contribution in [2.24, 2.45) is 0 Å². The fraction of sp³-hybridized carbons (Fsp3) is 0.0889. The van der Waals surface area contributed by atoms with Gasteiger partial charge in [0.05, 0.1) is 27.5 Å². The number of benzene rings is 5. The number of hydrogen-bond acceptors (Lipinski definition) is 10. The molecule has 0 aliphatic heterocycles. The minimum absolute atomic E-state index is 0.0685. The number of amides is 4. The summed E-state index contributed by atoms with van der Waals surface area (Å²) < 4.78 is 5.33. The van der Waals surface area contributed by atoms with E-state index in [1.807, 2.05) is 12.1 Å². The van der Waals surface area contributed by atoms with Crippen molar-refractivity contribution >= 4 is 80.8 Å². The predicted octanol–water partition coefficient (Wildman–Crippen LogP) is 9.28. The summed E-state index contributed by atoms with van der Waals surface area (Å²) in [7, 11) is 0. The highest BCUT2D eigenvalue weighted by molar-refractivity contribution is 8.00. The summed E-state index contributed by atoms with van der Waals surface area (Å²) in [4.78, 5) is 80.0. The number of nitrogens with one attached hydrogen (secondary N) is 4. The third kappa shape index (κ3) is 10.6. The number of nitro benzene ring substituents is 1. The van der Waals surface area contributed by atoms with Crippen molar-refractivity contribution < 1.29 is 33.6 Å². The minimum atomic E-state index is -0.893. The maximum atomic E-state index is 14.3. The number of esters is 1. The van der Waals surface area contributed by atoms with E-state index in [4.69, 9.17) is 4.74 Å². The van der Waals surface area contributed by atoms with Gasteiger partial charge in [-0.2, -0.15) is 0 Å². The van der Waals surface area contributed by atoms with E-state index in [9.17, 15) is 34.1 Å². The molecule has 0 spiro atoms. The van der Waals surface area contributed by atoms with E-state index in [0.717, 1.165) is 23.1 Å². The highest BCUT2D eigenvalue weighted by Gasteiger charge is 2.30. The second-order valence-corrected chi connectivity index (χ2v) is 15.1. The zero-order chi connectivity index (χ0) is 42.6. The van der Waals surface area contributed by atoms with Gasteiger partial charge in [-0.25, -0.2) is 4.79 Å². The fourth-order valence-electron chi connectivity index (χ4n) is 5.91. The molecule has 0 fully saturated rings. The number of para-hydroxylation sites is 2. The van der Waals surface area contributed by atoms with Crippen LogP contribution in [0.4, 0.5) is 22.1 Å². The van der Waals surface area contributed by atoms with Crippen LogP contribution < -0.4 is 21.3 Å². The van der Waals surface area contributed by atoms with Crippen LogP contribution in [0.5, 0.6) is 0 Å². The number of nitro groups is 1.